The fraction of sp³-hybridized carbons (Fsp3) is 0.350. The predicted octanol–water partition coefficient (Wildman–Crippen LogP) is 5.12. The maximum atomic E-state index is 12.4. The smallest absolute Gasteiger partial charge is 0.387 e. The SMILES string of the molecule is COc1cc(C(=O)Oc2ccc(C(C)(C)C)cc2C)ccc1OC(F)F. The van der Waals surface area contributed by atoms with Crippen LogP contribution in [0.25, 0.3) is 0 Å². The number of halogens is 2. The second kappa shape index (κ2) is 7.72. The van der Waals surface area contributed by atoms with Crippen molar-refractivity contribution < 1.29 is 27.8 Å². The number of carbonyl (C=O) groups is 1. The van der Waals surface area contributed by atoms with Crippen LogP contribution in [0.4, 0.5) is 8.78 Å². The van der Waals surface area contributed by atoms with Gasteiger partial charge in [-0.25, -0.2) is 4.79 Å². The maximum Gasteiger partial charge on any atom is 0.387 e. The van der Waals surface area contributed by atoms with Crippen LogP contribution >= 0.6 is 0 Å². The van der Waals surface area contributed by atoms with Crippen LogP contribution < -0.4 is 14.2 Å². The molecule has 6 heteroatoms. The molecule has 0 aromatic heterocycles. The molecule has 0 spiro atoms. The van der Waals surface area contributed by atoms with Crippen LogP contribution in [0.1, 0.15) is 42.3 Å². The van der Waals surface area contributed by atoms with Gasteiger partial charge in [-0.05, 0) is 47.7 Å². The normalized spacial score (nSPS) is 11.4. The van der Waals surface area contributed by atoms with Crippen molar-refractivity contribution in [1.82, 2.24) is 0 Å². The molecule has 2 aromatic rings. The largest absolute Gasteiger partial charge is 0.493 e. The molecule has 0 aliphatic heterocycles. The Morgan fingerprint density at radius 1 is 1.00 bits per heavy atom. The number of methoxy groups -OCH3 is 1. The maximum absolute atomic E-state index is 12.4. The number of aryl methyl sites for hydroxylation is 1. The molecule has 0 aliphatic carbocycles. The van der Waals surface area contributed by atoms with Crippen LogP contribution in [0.15, 0.2) is 36.4 Å². The summed E-state index contributed by atoms with van der Waals surface area (Å²) < 4.78 is 39.5. The van der Waals surface area contributed by atoms with E-state index in [1.54, 1.807) is 6.07 Å². The van der Waals surface area contributed by atoms with Gasteiger partial charge in [0.2, 0.25) is 0 Å². The molecule has 0 aliphatic rings. The molecule has 0 saturated carbocycles. The van der Waals surface area contributed by atoms with E-state index in [0.717, 1.165) is 11.1 Å². The Hall–Kier alpha value is -2.63. The second-order valence-electron chi connectivity index (χ2n) is 6.86. The standard InChI is InChI=1S/C20H22F2O4/c1-12-10-14(20(2,3)4)7-9-15(12)25-18(23)13-6-8-16(26-19(21)22)17(11-13)24-5/h6-11,19H,1-5H3. The fourth-order valence-corrected chi connectivity index (χ4v) is 2.38. The van der Waals surface area contributed by atoms with Gasteiger partial charge < -0.3 is 14.2 Å². The Morgan fingerprint density at radius 2 is 1.65 bits per heavy atom. The van der Waals surface area contributed by atoms with Crippen molar-refractivity contribution in [1.29, 1.82) is 0 Å². The zero-order chi connectivity index (χ0) is 19.5. The number of esters is 1. The lowest BCUT2D eigenvalue weighted by atomic mass is 9.86. The minimum absolute atomic E-state index is 0.0127. The van der Waals surface area contributed by atoms with Gasteiger partial charge in [0.05, 0.1) is 12.7 Å². The molecule has 0 saturated heterocycles. The van der Waals surface area contributed by atoms with Crippen LogP contribution in [0.5, 0.6) is 17.2 Å². The van der Waals surface area contributed by atoms with E-state index in [1.165, 1.54) is 25.3 Å². The molecule has 0 unspecified atom stereocenters. The Labute approximate surface area is 151 Å². The van der Waals surface area contributed by atoms with Crippen molar-refractivity contribution in [2.24, 2.45) is 0 Å². The molecule has 0 heterocycles. The average molecular weight is 364 g/mol. The quantitative estimate of drug-likeness (QED) is 0.545. The van der Waals surface area contributed by atoms with E-state index in [2.05, 4.69) is 25.5 Å². The average Bonchev–Trinajstić information content (AvgIpc) is 2.55. The molecule has 0 atom stereocenters. The van der Waals surface area contributed by atoms with E-state index in [9.17, 15) is 13.6 Å². The number of alkyl halides is 2. The van der Waals surface area contributed by atoms with E-state index in [0.29, 0.717) is 5.75 Å². The lowest BCUT2D eigenvalue weighted by molar-refractivity contribution is -0.0512. The molecule has 0 amide bonds. The summed E-state index contributed by atoms with van der Waals surface area (Å²) in [5, 5.41) is 0. The summed E-state index contributed by atoms with van der Waals surface area (Å²) in [4.78, 5) is 12.4. The molecular weight excluding hydrogens is 342 g/mol. The number of ether oxygens (including phenoxy) is 3. The van der Waals surface area contributed by atoms with Gasteiger partial charge in [0.25, 0.3) is 0 Å². The number of benzene rings is 2. The molecular formula is C20H22F2O4. The first-order valence-corrected chi connectivity index (χ1v) is 8.08. The molecule has 26 heavy (non-hydrogen) atoms. The second-order valence-corrected chi connectivity index (χ2v) is 6.86. The van der Waals surface area contributed by atoms with Crippen molar-refractivity contribution in [3.8, 4) is 17.2 Å². The van der Waals surface area contributed by atoms with Gasteiger partial charge in [0.15, 0.2) is 11.5 Å². The Balaban J connectivity index is 2.22. The van der Waals surface area contributed by atoms with Crippen LogP contribution in [-0.4, -0.2) is 19.7 Å². The van der Waals surface area contributed by atoms with Gasteiger partial charge in [-0.1, -0.05) is 32.9 Å². The zero-order valence-electron chi connectivity index (χ0n) is 15.4. The third-order valence-corrected chi connectivity index (χ3v) is 3.86. The van der Waals surface area contributed by atoms with Crippen LogP contribution in [0.2, 0.25) is 0 Å². The summed E-state index contributed by atoms with van der Waals surface area (Å²) in [5.74, 6) is -0.294. The summed E-state index contributed by atoms with van der Waals surface area (Å²) >= 11 is 0. The van der Waals surface area contributed by atoms with Gasteiger partial charge in [-0.15, -0.1) is 0 Å². The zero-order valence-corrected chi connectivity index (χ0v) is 15.4. The van der Waals surface area contributed by atoms with E-state index >= 15 is 0 Å². The minimum atomic E-state index is -2.98. The summed E-state index contributed by atoms with van der Waals surface area (Å²) in [7, 11) is 1.30. The van der Waals surface area contributed by atoms with Gasteiger partial charge in [-0.3, -0.25) is 0 Å². The van der Waals surface area contributed by atoms with Crippen LogP contribution in [-0.2, 0) is 5.41 Å². The van der Waals surface area contributed by atoms with Crippen molar-refractivity contribution in [3.05, 3.63) is 53.1 Å². The van der Waals surface area contributed by atoms with Gasteiger partial charge in [0, 0.05) is 0 Å². The summed E-state index contributed by atoms with van der Waals surface area (Å²) in [6.45, 7) is 5.18. The molecule has 2 rings (SSSR count). The van der Waals surface area contributed by atoms with Crippen molar-refractivity contribution >= 4 is 5.97 Å². The predicted molar refractivity (Wildman–Crippen MR) is 94.5 cm³/mol. The van der Waals surface area contributed by atoms with Crippen molar-refractivity contribution in [3.63, 3.8) is 0 Å². The van der Waals surface area contributed by atoms with Gasteiger partial charge in [-0.2, -0.15) is 8.78 Å². The van der Waals surface area contributed by atoms with Crippen LogP contribution in [0, 0.1) is 6.92 Å². The number of hydrogen-bond acceptors (Lipinski definition) is 4. The Morgan fingerprint density at radius 3 is 2.19 bits per heavy atom. The number of carbonyl (C=O) groups excluding carboxylic acids is 1. The summed E-state index contributed by atoms with van der Waals surface area (Å²) in [6.07, 6.45) is 0. The Kier molecular flexibility index (Phi) is 5.85. The van der Waals surface area contributed by atoms with E-state index in [-0.39, 0.29) is 22.5 Å². The highest BCUT2D eigenvalue weighted by Crippen LogP contribution is 2.31. The van der Waals surface area contributed by atoms with E-state index in [4.69, 9.17) is 9.47 Å². The fourth-order valence-electron chi connectivity index (χ4n) is 2.38. The highest BCUT2D eigenvalue weighted by atomic mass is 19.3. The molecule has 0 bridgehead atoms. The first kappa shape index (κ1) is 19.7. The summed E-state index contributed by atoms with van der Waals surface area (Å²) in [6, 6.07) is 9.54. The first-order valence-electron chi connectivity index (χ1n) is 8.08. The topological polar surface area (TPSA) is 44.8 Å². The lowest BCUT2D eigenvalue weighted by Crippen LogP contribution is -2.13. The van der Waals surface area contributed by atoms with E-state index in [1.807, 2.05) is 19.1 Å². The monoisotopic (exact) mass is 364 g/mol. The first-order chi connectivity index (χ1) is 12.1. The summed E-state index contributed by atoms with van der Waals surface area (Å²) in [5.41, 5.74) is 2.12. The number of rotatable bonds is 5. The lowest BCUT2D eigenvalue weighted by Gasteiger charge is -2.20. The van der Waals surface area contributed by atoms with E-state index < -0.39 is 12.6 Å². The molecule has 0 N–H and O–H groups in total. The molecule has 4 nitrogen and oxygen atoms in total. The minimum Gasteiger partial charge on any atom is -0.493 e. The molecule has 140 valence electrons. The van der Waals surface area contributed by atoms with Gasteiger partial charge in [0.1, 0.15) is 5.75 Å². The highest BCUT2D eigenvalue weighted by molar-refractivity contribution is 5.92. The third-order valence-electron chi connectivity index (χ3n) is 3.86. The van der Waals surface area contributed by atoms with Crippen LogP contribution in [0.3, 0.4) is 0 Å². The molecule has 0 radical (unpaired) electrons. The van der Waals surface area contributed by atoms with Gasteiger partial charge >= 0.3 is 12.6 Å². The highest BCUT2D eigenvalue weighted by Gasteiger charge is 2.18. The Bertz CT molecular complexity index is 795. The third kappa shape index (κ3) is 4.71. The number of hydrogen-bond donors (Lipinski definition) is 0. The van der Waals surface area contributed by atoms with Crippen molar-refractivity contribution in [2.45, 2.75) is 39.7 Å². The molecule has 2 aromatic carbocycles. The molecule has 0 fully saturated rings. The van der Waals surface area contributed by atoms with Crippen molar-refractivity contribution in [2.75, 3.05) is 7.11 Å².